The van der Waals surface area contributed by atoms with Crippen molar-refractivity contribution in [2.45, 2.75) is 39.7 Å². The van der Waals surface area contributed by atoms with Crippen molar-refractivity contribution in [1.29, 1.82) is 0 Å². The first-order valence-corrected chi connectivity index (χ1v) is 11.5. The van der Waals surface area contributed by atoms with Crippen LogP contribution in [0.1, 0.15) is 51.3 Å². The van der Waals surface area contributed by atoms with E-state index in [4.69, 9.17) is 4.98 Å². The highest BCUT2D eigenvalue weighted by atomic mass is 16.2. The second-order valence-corrected chi connectivity index (χ2v) is 8.90. The van der Waals surface area contributed by atoms with Gasteiger partial charge in [-0.3, -0.25) is 4.79 Å². The van der Waals surface area contributed by atoms with E-state index in [0.717, 1.165) is 61.3 Å². The summed E-state index contributed by atoms with van der Waals surface area (Å²) in [6, 6.07) is 23.1. The zero-order valence-electron chi connectivity index (χ0n) is 18.8. The summed E-state index contributed by atoms with van der Waals surface area (Å²) in [5.41, 5.74) is 7.95. The number of rotatable bonds is 5. The summed E-state index contributed by atoms with van der Waals surface area (Å²) in [7, 11) is 0. The average Bonchev–Trinajstić information content (AvgIpc) is 3.45. The summed E-state index contributed by atoms with van der Waals surface area (Å²) in [5.74, 6) is 1.21. The van der Waals surface area contributed by atoms with Crippen LogP contribution in [0.4, 0.5) is 0 Å². The third-order valence-electron chi connectivity index (χ3n) is 6.58. The molecular formula is C28H29N3O. The molecule has 0 unspecified atom stereocenters. The molecule has 1 aromatic heterocycles. The normalized spacial score (nSPS) is 13.8. The molecule has 0 atom stereocenters. The molecule has 4 nitrogen and oxygen atoms in total. The van der Waals surface area contributed by atoms with E-state index in [2.05, 4.69) is 66.9 Å². The van der Waals surface area contributed by atoms with Crippen LogP contribution in [-0.4, -0.2) is 33.4 Å². The molecule has 4 aromatic rings. The SMILES string of the molecule is Cc1cc2nc(Cc3ccccc3)n(Cc3ccc(C(=O)N4CCCC4)cc3)c2cc1C. The van der Waals surface area contributed by atoms with Crippen molar-refractivity contribution in [3.05, 3.63) is 100 Å². The number of hydrogen-bond acceptors (Lipinski definition) is 2. The molecule has 1 amide bonds. The molecule has 1 aliphatic heterocycles. The Morgan fingerprint density at radius 3 is 2.28 bits per heavy atom. The number of nitrogens with zero attached hydrogens (tertiary/aromatic N) is 3. The van der Waals surface area contributed by atoms with Crippen LogP contribution in [0.3, 0.4) is 0 Å². The monoisotopic (exact) mass is 423 g/mol. The molecule has 0 saturated carbocycles. The van der Waals surface area contributed by atoms with E-state index in [0.29, 0.717) is 0 Å². The van der Waals surface area contributed by atoms with Gasteiger partial charge in [0.1, 0.15) is 5.82 Å². The first-order valence-electron chi connectivity index (χ1n) is 11.5. The zero-order chi connectivity index (χ0) is 22.1. The lowest BCUT2D eigenvalue weighted by atomic mass is 10.1. The van der Waals surface area contributed by atoms with Gasteiger partial charge in [-0.25, -0.2) is 4.98 Å². The minimum atomic E-state index is 0.151. The smallest absolute Gasteiger partial charge is 0.253 e. The summed E-state index contributed by atoms with van der Waals surface area (Å²) in [6.07, 6.45) is 3.01. The molecule has 0 spiro atoms. The molecule has 1 fully saturated rings. The van der Waals surface area contributed by atoms with Gasteiger partial charge < -0.3 is 9.47 Å². The van der Waals surface area contributed by atoms with Crippen LogP contribution in [0.2, 0.25) is 0 Å². The molecular weight excluding hydrogens is 394 g/mol. The van der Waals surface area contributed by atoms with E-state index in [1.165, 1.54) is 22.3 Å². The largest absolute Gasteiger partial charge is 0.339 e. The Morgan fingerprint density at radius 1 is 0.875 bits per heavy atom. The van der Waals surface area contributed by atoms with Gasteiger partial charge in [0.15, 0.2) is 0 Å². The van der Waals surface area contributed by atoms with E-state index < -0.39 is 0 Å². The Labute approximate surface area is 189 Å². The summed E-state index contributed by atoms with van der Waals surface area (Å²) in [6.45, 7) is 6.79. The molecule has 0 N–H and O–H groups in total. The van der Waals surface area contributed by atoms with Crippen molar-refractivity contribution >= 4 is 16.9 Å². The molecule has 0 bridgehead atoms. The fourth-order valence-corrected chi connectivity index (χ4v) is 4.56. The van der Waals surface area contributed by atoms with Crippen LogP contribution in [0, 0.1) is 13.8 Å². The predicted molar refractivity (Wildman–Crippen MR) is 129 cm³/mol. The lowest BCUT2D eigenvalue weighted by Crippen LogP contribution is -2.27. The summed E-state index contributed by atoms with van der Waals surface area (Å²) < 4.78 is 2.33. The molecule has 2 heterocycles. The predicted octanol–water partition coefficient (Wildman–Crippen LogP) is 5.53. The summed E-state index contributed by atoms with van der Waals surface area (Å²) in [4.78, 5) is 19.7. The fraction of sp³-hybridized carbons (Fsp3) is 0.286. The zero-order valence-corrected chi connectivity index (χ0v) is 18.8. The third-order valence-corrected chi connectivity index (χ3v) is 6.58. The number of fused-ring (bicyclic) bond motifs is 1. The van der Waals surface area contributed by atoms with Gasteiger partial charge in [0.2, 0.25) is 0 Å². The molecule has 4 heteroatoms. The number of carbonyl (C=O) groups is 1. The molecule has 1 aliphatic rings. The molecule has 32 heavy (non-hydrogen) atoms. The Bertz CT molecular complexity index is 1250. The van der Waals surface area contributed by atoms with Crippen LogP contribution in [-0.2, 0) is 13.0 Å². The molecule has 1 saturated heterocycles. The lowest BCUT2D eigenvalue weighted by Gasteiger charge is -2.15. The number of aromatic nitrogens is 2. The van der Waals surface area contributed by atoms with Gasteiger partial charge in [0.05, 0.1) is 11.0 Å². The van der Waals surface area contributed by atoms with Gasteiger partial charge in [-0.15, -0.1) is 0 Å². The van der Waals surface area contributed by atoms with Gasteiger partial charge in [-0.05, 0) is 73.2 Å². The maximum atomic E-state index is 12.7. The van der Waals surface area contributed by atoms with Crippen molar-refractivity contribution in [2.24, 2.45) is 0 Å². The van der Waals surface area contributed by atoms with Crippen molar-refractivity contribution in [1.82, 2.24) is 14.5 Å². The quantitative estimate of drug-likeness (QED) is 0.423. The van der Waals surface area contributed by atoms with E-state index in [1.807, 2.05) is 23.1 Å². The highest BCUT2D eigenvalue weighted by Crippen LogP contribution is 2.24. The summed E-state index contributed by atoms with van der Waals surface area (Å²) in [5, 5.41) is 0. The van der Waals surface area contributed by atoms with Crippen molar-refractivity contribution in [3.8, 4) is 0 Å². The number of carbonyl (C=O) groups excluding carboxylic acids is 1. The Hall–Kier alpha value is -3.40. The van der Waals surface area contributed by atoms with Crippen molar-refractivity contribution in [2.75, 3.05) is 13.1 Å². The maximum Gasteiger partial charge on any atom is 0.253 e. The van der Waals surface area contributed by atoms with Gasteiger partial charge >= 0.3 is 0 Å². The number of likely N-dealkylation sites (tertiary alicyclic amines) is 1. The molecule has 0 radical (unpaired) electrons. The standard InChI is InChI=1S/C28H29N3O/c1-20-16-25-26(17-21(20)2)31(27(29-25)18-22-8-4-3-5-9-22)19-23-10-12-24(13-11-23)28(32)30-14-6-7-15-30/h3-5,8-13,16-17H,6-7,14-15,18-19H2,1-2H3. The lowest BCUT2D eigenvalue weighted by molar-refractivity contribution is 0.0793. The maximum absolute atomic E-state index is 12.7. The number of amides is 1. The second-order valence-electron chi connectivity index (χ2n) is 8.90. The van der Waals surface area contributed by atoms with Crippen LogP contribution in [0.5, 0.6) is 0 Å². The Kier molecular flexibility index (Phi) is 5.52. The minimum absolute atomic E-state index is 0.151. The topological polar surface area (TPSA) is 38.1 Å². The highest BCUT2D eigenvalue weighted by Gasteiger charge is 2.19. The van der Waals surface area contributed by atoms with Crippen molar-refractivity contribution < 1.29 is 4.79 Å². The van der Waals surface area contributed by atoms with E-state index in [9.17, 15) is 4.79 Å². The van der Waals surface area contributed by atoms with Crippen LogP contribution in [0.15, 0.2) is 66.7 Å². The number of hydrogen-bond donors (Lipinski definition) is 0. The van der Waals surface area contributed by atoms with Gasteiger partial charge in [-0.2, -0.15) is 0 Å². The highest BCUT2D eigenvalue weighted by molar-refractivity contribution is 5.94. The average molecular weight is 424 g/mol. The van der Waals surface area contributed by atoms with E-state index in [1.54, 1.807) is 0 Å². The first-order chi connectivity index (χ1) is 15.6. The molecule has 5 rings (SSSR count). The molecule has 162 valence electrons. The first kappa shape index (κ1) is 20.5. The van der Waals surface area contributed by atoms with E-state index in [-0.39, 0.29) is 5.91 Å². The molecule has 0 aliphatic carbocycles. The van der Waals surface area contributed by atoms with Gasteiger partial charge in [0, 0.05) is 31.6 Å². The van der Waals surface area contributed by atoms with Crippen LogP contribution < -0.4 is 0 Å². The van der Waals surface area contributed by atoms with E-state index >= 15 is 0 Å². The number of imidazole rings is 1. The van der Waals surface area contributed by atoms with Crippen molar-refractivity contribution in [3.63, 3.8) is 0 Å². The minimum Gasteiger partial charge on any atom is -0.339 e. The Morgan fingerprint density at radius 2 is 1.56 bits per heavy atom. The van der Waals surface area contributed by atoms with Crippen LogP contribution in [0.25, 0.3) is 11.0 Å². The van der Waals surface area contributed by atoms with Gasteiger partial charge in [-0.1, -0.05) is 42.5 Å². The number of benzene rings is 3. The summed E-state index contributed by atoms with van der Waals surface area (Å²) >= 11 is 0. The number of aryl methyl sites for hydroxylation is 2. The second kappa shape index (κ2) is 8.62. The van der Waals surface area contributed by atoms with Crippen LogP contribution >= 0.6 is 0 Å². The third kappa shape index (κ3) is 4.05. The Balaban J connectivity index is 1.47. The fourth-order valence-electron chi connectivity index (χ4n) is 4.56. The molecule has 3 aromatic carbocycles. The van der Waals surface area contributed by atoms with Gasteiger partial charge in [0.25, 0.3) is 5.91 Å².